The summed E-state index contributed by atoms with van der Waals surface area (Å²) in [6.07, 6.45) is 0.655. The molecule has 1 aliphatic rings. The molecule has 0 spiro atoms. The van der Waals surface area contributed by atoms with Crippen molar-refractivity contribution in [2.75, 3.05) is 11.5 Å². The van der Waals surface area contributed by atoms with Crippen LogP contribution >= 0.6 is 23.4 Å². The van der Waals surface area contributed by atoms with E-state index in [0.717, 1.165) is 6.07 Å². The predicted octanol–water partition coefficient (Wildman–Crippen LogP) is 2.56. The van der Waals surface area contributed by atoms with Crippen LogP contribution < -0.4 is 5.32 Å². The molecule has 1 aliphatic heterocycles. The molecule has 0 saturated carbocycles. The van der Waals surface area contributed by atoms with Crippen molar-refractivity contribution < 1.29 is 19.1 Å². The minimum absolute atomic E-state index is 0.182. The van der Waals surface area contributed by atoms with Gasteiger partial charge in [0.15, 0.2) is 0 Å². The number of aliphatic carboxylic acids is 1. The molecule has 0 aromatic heterocycles. The van der Waals surface area contributed by atoms with E-state index < -0.39 is 23.2 Å². The standard InChI is InChI=1S/C13H13ClFNO3S/c14-8-1-2-9(10(15)7-8)11(17)16-13(12(18)19)3-5-20-6-4-13/h1-2,7H,3-6H2,(H,16,17)(H,18,19). The Morgan fingerprint density at radius 2 is 2.00 bits per heavy atom. The highest BCUT2D eigenvalue weighted by atomic mass is 35.5. The molecule has 1 aromatic carbocycles. The first kappa shape index (κ1) is 15.1. The number of carbonyl (C=O) groups excluding carboxylic acids is 1. The maximum Gasteiger partial charge on any atom is 0.329 e. The van der Waals surface area contributed by atoms with E-state index in [1.54, 1.807) is 11.8 Å². The van der Waals surface area contributed by atoms with Crippen LogP contribution in [0.15, 0.2) is 18.2 Å². The maximum absolute atomic E-state index is 13.7. The predicted molar refractivity (Wildman–Crippen MR) is 75.8 cm³/mol. The van der Waals surface area contributed by atoms with Crippen LogP contribution in [0.3, 0.4) is 0 Å². The SMILES string of the molecule is O=C(NC1(C(=O)O)CCSCC1)c1ccc(Cl)cc1F. The number of hydrogen-bond donors (Lipinski definition) is 2. The third kappa shape index (κ3) is 3.07. The zero-order valence-corrected chi connectivity index (χ0v) is 12.1. The van der Waals surface area contributed by atoms with Crippen LogP contribution in [0.5, 0.6) is 0 Å². The van der Waals surface area contributed by atoms with E-state index >= 15 is 0 Å². The van der Waals surface area contributed by atoms with Crippen molar-refractivity contribution >= 4 is 35.2 Å². The second-order valence-corrected chi connectivity index (χ2v) is 6.24. The van der Waals surface area contributed by atoms with Crippen molar-refractivity contribution in [3.63, 3.8) is 0 Å². The first-order valence-electron chi connectivity index (χ1n) is 6.03. The lowest BCUT2D eigenvalue weighted by atomic mass is 9.92. The van der Waals surface area contributed by atoms with Crippen molar-refractivity contribution in [2.24, 2.45) is 0 Å². The second kappa shape index (κ2) is 6.01. The van der Waals surface area contributed by atoms with Gasteiger partial charge in [0.1, 0.15) is 11.4 Å². The first-order valence-corrected chi connectivity index (χ1v) is 7.56. The molecule has 108 valence electrons. The fourth-order valence-electron chi connectivity index (χ4n) is 2.07. The Labute approximate surface area is 124 Å². The van der Waals surface area contributed by atoms with E-state index in [1.807, 2.05) is 0 Å². The minimum Gasteiger partial charge on any atom is -0.480 e. The van der Waals surface area contributed by atoms with Gasteiger partial charge in [0.05, 0.1) is 5.56 Å². The molecular formula is C13H13ClFNO3S. The summed E-state index contributed by atoms with van der Waals surface area (Å²) in [6, 6.07) is 3.67. The normalized spacial score (nSPS) is 17.5. The number of benzene rings is 1. The fourth-order valence-corrected chi connectivity index (χ4v) is 3.42. The van der Waals surface area contributed by atoms with Gasteiger partial charge in [-0.25, -0.2) is 9.18 Å². The molecule has 7 heteroatoms. The van der Waals surface area contributed by atoms with Gasteiger partial charge in [0.25, 0.3) is 5.91 Å². The zero-order valence-electron chi connectivity index (χ0n) is 10.5. The highest BCUT2D eigenvalue weighted by Gasteiger charge is 2.41. The average Bonchev–Trinajstić information content (AvgIpc) is 2.39. The Kier molecular flexibility index (Phi) is 4.55. The third-order valence-electron chi connectivity index (χ3n) is 3.28. The van der Waals surface area contributed by atoms with Crippen LogP contribution in [-0.2, 0) is 4.79 Å². The molecule has 20 heavy (non-hydrogen) atoms. The van der Waals surface area contributed by atoms with Crippen LogP contribution in [0.25, 0.3) is 0 Å². The Morgan fingerprint density at radius 1 is 1.35 bits per heavy atom. The molecule has 0 radical (unpaired) electrons. The number of carboxylic acids is 1. The van der Waals surface area contributed by atoms with Gasteiger partial charge < -0.3 is 10.4 Å². The molecule has 2 N–H and O–H groups in total. The molecule has 0 atom stereocenters. The van der Waals surface area contributed by atoms with E-state index in [4.69, 9.17) is 11.6 Å². The largest absolute Gasteiger partial charge is 0.480 e. The van der Waals surface area contributed by atoms with E-state index in [1.165, 1.54) is 12.1 Å². The average molecular weight is 318 g/mol. The number of nitrogens with one attached hydrogen (secondary N) is 1. The van der Waals surface area contributed by atoms with Crippen molar-refractivity contribution in [1.29, 1.82) is 0 Å². The van der Waals surface area contributed by atoms with Crippen molar-refractivity contribution in [3.05, 3.63) is 34.6 Å². The molecule has 0 aliphatic carbocycles. The van der Waals surface area contributed by atoms with Gasteiger partial charge >= 0.3 is 5.97 Å². The molecule has 1 saturated heterocycles. The quantitative estimate of drug-likeness (QED) is 0.899. The summed E-state index contributed by atoms with van der Waals surface area (Å²) in [4.78, 5) is 23.5. The van der Waals surface area contributed by atoms with Gasteiger partial charge in [0.2, 0.25) is 0 Å². The highest BCUT2D eigenvalue weighted by Crippen LogP contribution is 2.28. The number of rotatable bonds is 3. The van der Waals surface area contributed by atoms with Crippen molar-refractivity contribution in [2.45, 2.75) is 18.4 Å². The van der Waals surface area contributed by atoms with Crippen LogP contribution in [0.4, 0.5) is 4.39 Å². The van der Waals surface area contributed by atoms with Gasteiger partial charge in [-0.1, -0.05) is 11.6 Å². The van der Waals surface area contributed by atoms with Gasteiger partial charge in [-0.15, -0.1) is 0 Å². The molecule has 1 heterocycles. The Balaban J connectivity index is 2.22. The third-order valence-corrected chi connectivity index (χ3v) is 4.50. The van der Waals surface area contributed by atoms with Crippen LogP contribution in [0.2, 0.25) is 5.02 Å². The summed E-state index contributed by atoms with van der Waals surface area (Å²) in [5.41, 5.74) is -1.51. The Hall–Kier alpha value is -1.27. The summed E-state index contributed by atoms with van der Waals surface area (Å²) in [6.45, 7) is 0. The van der Waals surface area contributed by atoms with Crippen molar-refractivity contribution in [3.8, 4) is 0 Å². The summed E-state index contributed by atoms with van der Waals surface area (Å²) < 4.78 is 13.7. The Bertz CT molecular complexity index is 546. The Morgan fingerprint density at radius 3 is 2.55 bits per heavy atom. The summed E-state index contributed by atoms with van der Waals surface area (Å²) in [5, 5.41) is 12.0. The summed E-state index contributed by atoms with van der Waals surface area (Å²) in [7, 11) is 0. The molecule has 1 fully saturated rings. The van der Waals surface area contributed by atoms with Gasteiger partial charge in [0, 0.05) is 5.02 Å². The summed E-state index contributed by atoms with van der Waals surface area (Å²) in [5.74, 6) is -1.28. The second-order valence-electron chi connectivity index (χ2n) is 4.58. The monoisotopic (exact) mass is 317 g/mol. The zero-order chi connectivity index (χ0) is 14.8. The van der Waals surface area contributed by atoms with Crippen molar-refractivity contribution in [1.82, 2.24) is 5.32 Å². The maximum atomic E-state index is 13.7. The molecule has 0 unspecified atom stereocenters. The molecule has 2 rings (SSSR count). The lowest BCUT2D eigenvalue weighted by Crippen LogP contribution is -2.56. The molecule has 1 amide bonds. The van der Waals surface area contributed by atoms with Crippen LogP contribution in [-0.4, -0.2) is 34.0 Å². The number of hydrogen-bond acceptors (Lipinski definition) is 3. The fraction of sp³-hybridized carbons (Fsp3) is 0.385. The van der Waals surface area contributed by atoms with Crippen LogP contribution in [0, 0.1) is 5.82 Å². The number of amides is 1. The van der Waals surface area contributed by atoms with Crippen LogP contribution in [0.1, 0.15) is 23.2 Å². The number of halogens is 2. The lowest BCUT2D eigenvalue weighted by molar-refractivity contribution is -0.144. The van der Waals surface area contributed by atoms with Gasteiger partial charge in [-0.05, 0) is 42.5 Å². The molecule has 4 nitrogen and oxygen atoms in total. The van der Waals surface area contributed by atoms with E-state index in [2.05, 4.69) is 5.32 Å². The lowest BCUT2D eigenvalue weighted by Gasteiger charge is -2.33. The number of carboxylic acid groups (broad SMARTS) is 1. The molecule has 1 aromatic rings. The first-order chi connectivity index (χ1) is 9.44. The molecule has 0 bridgehead atoms. The van der Waals surface area contributed by atoms with E-state index in [-0.39, 0.29) is 10.6 Å². The number of carbonyl (C=O) groups is 2. The summed E-state index contributed by atoms with van der Waals surface area (Å²) >= 11 is 7.26. The van der Waals surface area contributed by atoms with Gasteiger partial charge in [-0.3, -0.25) is 4.79 Å². The smallest absolute Gasteiger partial charge is 0.329 e. The molecular weight excluding hydrogens is 305 g/mol. The topological polar surface area (TPSA) is 66.4 Å². The number of thioether (sulfide) groups is 1. The minimum atomic E-state index is -1.31. The van der Waals surface area contributed by atoms with E-state index in [9.17, 15) is 19.1 Å². The highest BCUT2D eigenvalue weighted by molar-refractivity contribution is 7.99. The van der Waals surface area contributed by atoms with E-state index in [0.29, 0.717) is 24.3 Å². The van der Waals surface area contributed by atoms with Gasteiger partial charge in [-0.2, -0.15) is 11.8 Å².